The quantitative estimate of drug-likeness (QED) is 0.683. The van der Waals surface area contributed by atoms with Gasteiger partial charge in [0, 0.05) is 12.8 Å². The molecule has 0 saturated carbocycles. The number of rotatable bonds is 7. The maximum atomic E-state index is 10.3. The van der Waals surface area contributed by atoms with Crippen LogP contribution in [0.25, 0.3) is 0 Å². The standard InChI is InChI=1S/C7H14O.C6H13NO.C2H6.CH4/c1-3-4-5-6-7(2)8;1-3-5(2)4-6(7)8;1-2;/h3-6H2,1-2H3;5H,3-4H2,1-2H3,(H2,7,8);1-2H3;1H4. The van der Waals surface area contributed by atoms with E-state index >= 15 is 0 Å². The van der Waals surface area contributed by atoms with E-state index in [2.05, 4.69) is 6.92 Å². The molecular weight excluding hydrogens is 238 g/mol. The summed E-state index contributed by atoms with van der Waals surface area (Å²) in [4.78, 5) is 20.5. The zero-order valence-electron chi connectivity index (χ0n) is 13.2. The minimum atomic E-state index is -0.195. The molecule has 0 aliphatic heterocycles. The lowest BCUT2D eigenvalue weighted by atomic mass is 10.1. The summed E-state index contributed by atoms with van der Waals surface area (Å²) in [7, 11) is 0. The Kier molecular flexibility index (Phi) is 31.3. The third kappa shape index (κ3) is 38.2. The van der Waals surface area contributed by atoms with Gasteiger partial charge in [-0.15, -0.1) is 0 Å². The lowest BCUT2D eigenvalue weighted by Crippen LogP contribution is -2.13. The van der Waals surface area contributed by atoms with Crippen molar-refractivity contribution in [2.24, 2.45) is 11.7 Å². The maximum absolute atomic E-state index is 10.3. The summed E-state index contributed by atoms with van der Waals surface area (Å²) in [6, 6.07) is 0. The highest BCUT2D eigenvalue weighted by atomic mass is 16.1. The molecule has 0 aromatic heterocycles. The molecule has 1 unspecified atom stereocenters. The fourth-order valence-electron chi connectivity index (χ4n) is 1.11. The van der Waals surface area contributed by atoms with Gasteiger partial charge in [0.2, 0.25) is 5.91 Å². The number of carbonyl (C=O) groups excluding carboxylic acids is 2. The largest absolute Gasteiger partial charge is 0.370 e. The molecule has 2 N–H and O–H groups in total. The number of hydrogen-bond acceptors (Lipinski definition) is 2. The number of ketones is 1. The van der Waals surface area contributed by atoms with Crippen LogP contribution >= 0.6 is 0 Å². The van der Waals surface area contributed by atoms with E-state index in [0.29, 0.717) is 18.1 Å². The normalized spacial score (nSPS) is 9.79. The molecule has 0 spiro atoms. The van der Waals surface area contributed by atoms with E-state index in [0.717, 1.165) is 19.3 Å². The van der Waals surface area contributed by atoms with Gasteiger partial charge in [-0.1, -0.05) is 61.3 Å². The van der Waals surface area contributed by atoms with Gasteiger partial charge in [-0.2, -0.15) is 0 Å². The van der Waals surface area contributed by atoms with E-state index in [9.17, 15) is 9.59 Å². The highest BCUT2D eigenvalue weighted by Gasteiger charge is 2.00. The van der Waals surface area contributed by atoms with Gasteiger partial charge in [0.1, 0.15) is 5.78 Å². The zero-order valence-corrected chi connectivity index (χ0v) is 13.2. The molecule has 0 rings (SSSR count). The molecule has 19 heavy (non-hydrogen) atoms. The lowest BCUT2D eigenvalue weighted by molar-refractivity contribution is -0.119. The van der Waals surface area contributed by atoms with Crippen LogP contribution in [-0.4, -0.2) is 11.7 Å². The number of hydrogen-bond donors (Lipinski definition) is 1. The summed E-state index contributed by atoms with van der Waals surface area (Å²) in [5.74, 6) is 0.574. The summed E-state index contributed by atoms with van der Waals surface area (Å²) in [6.45, 7) is 11.9. The van der Waals surface area contributed by atoms with Crippen molar-refractivity contribution in [2.75, 3.05) is 0 Å². The van der Waals surface area contributed by atoms with Gasteiger partial charge in [0.15, 0.2) is 0 Å². The molecule has 3 nitrogen and oxygen atoms in total. The first-order valence-electron chi connectivity index (χ1n) is 7.21. The van der Waals surface area contributed by atoms with Crippen LogP contribution in [0, 0.1) is 5.92 Å². The Balaban J connectivity index is -0.0000000999. The molecule has 0 aromatic carbocycles. The van der Waals surface area contributed by atoms with Crippen molar-refractivity contribution in [3.63, 3.8) is 0 Å². The van der Waals surface area contributed by atoms with Gasteiger partial charge in [-0.05, 0) is 19.3 Å². The number of primary amides is 1. The van der Waals surface area contributed by atoms with E-state index in [4.69, 9.17) is 5.73 Å². The Hall–Kier alpha value is -0.860. The summed E-state index contributed by atoms with van der Waals surface area (Å²) >= 11 is 0. The third-order valence-corrected chi connectivity index (χ3v) is 2.38. The SMILES string of the molecule is C.CC.CCC(C)CC(N)=O.CCCCCC(C)=O. The van der Waals surface area contributed by atoms with Gasteiger partial charge in [0.05, 0.1) is 0 Å². The fraction of sp³-hybridized carbons (Fsp3) is 0.875. The van der Waals surface area contributed by atoms with Crippen molar-refractivity contribution < 1.29 is 9.59 Å². The van der Waals surface area contributed by atoms with Crippen LogP contribution in [0.15, 0.2) is 0 Å². The van der Waals surface area contributed by atoms with Crippen molar-refractivity contribution in [3.05, 3.63) is 0 Å². The molecule has 0 fully saturated rings. The monoisotopic (exact) mass is 275 g/mol. The molecule has 0 bridgehead atoms. The predicted molar refractivity (Wildman–Crippen MR) is 86.2 cm³/mol. The van der Waals surface area contributed by atoms with Crippen molar-refractivity contribution in [1.82, 2.24) is 0 Å². The van der Waals surface area contributed by atoms with Crippen LogP contribution in [0.3, 0.4) is 0 Å². The molecule has 1 atom stereocenters. The first-order chi connectivity index (χ1) is 8.43. The van der Waals surface area contributed by atoms with E-state index in [1.165, 1.54) is 12.8 Å². The number of amides is 1. The Morgan fingerprint density at radius 2 is 1.58 bits per heavy atom. The van der Waals surface area contributed by atoms with Gasteiger partial charge in [-0.25, -0.2) is 0 Å². The van der Waals surface area contributed by atoms with Gasteiger partial charge in [0.25, 0.3) is 0 Å². The van der Waals surface area contributed by atoms with Crippen LogP contribution in [-0.2, 0) is 9.59 Å². The zero-order chi connectivity index (χ0) is 15.0. The molecule has 0 heterocycles. The highest BCUT2D eigenvalue weighted by molar-refractivity contribution is 5.75. The smallest absolute Gasteiger partial charge is 0.217 e. The van der Waals surface area contributed by atoms with Crippen LogP contribution in [0.4, 0.5) is 0 Å². The first-order valence-corrected chi connectivity index (χ1v) is 7.21. The minimum Gasteiger partial charge on any atom is -0.370 e. The van der Waals surface area contributed by atoms with E-state index in [-0.39, 0.29) is 13.3 Å². The second kappa shape index (κ2) is 22.3. The molecule has 1 amide bonds. The molecule has 0 aliphatic rings. The van der Waals surface area contributed by atoms with Crippen LogP contribution in [0.5, 0.6) is 0 Å². The van der Waals surface area contributed by atoms with Crippen LogP contribution < -0.4 is 5.73 Å². The van der Waals surface area contributed by atoms with Crippen molar-refractivity contribution >= 4 is 11.7 Å². The van der Waals surface area contributed by atoms with Crippen LogP contribution in [0.2, 0.25) is 0 Å². The van der Waals surface area contributed by atoms with E-state index in [1.807, 2.05) is 27.7 Å². The van der Waals surface area contributed by atoms with Crippen LogP contribution in [0.1, 0.15) is 87.5 Å². The highest BCUT2D eigenvalue weighted by Crippen LogP contribution is 2.03. The molecule has 0 saturated heterocycles. The molecule has 3 heteroatoms. The average molecular weight is 275 g/mol. The Bertz CT molecular complexity index is 191. The summed E-state index contributed by atoms with van der Waals surface area (Å²) in [6.07, 6.45) is 5.80. The Morgan fingerprint density at radius 1 is 1.11 bits per heavy atom. The van der Waals surface area contributed by atoms with E-state index in [1.54, 1.807) is 6.92 Å². The van der Waals surface area contributed by atoms with Crippen molar-refractivity contribution in [1.29, 1.82) is 0 Å². The van der Waals surface area contributed by atoms with Gasteiger partial charge < -0.3 is 10.5 Å². The van der Waals surface area contributed by atoms with Gasteiger partial charge in [-0.3, -0.25) is 4.79 Å². The predicted octanol–water partition coefficient (Wildman–Crippen LogP) is 4.73. The number of unbranched alkanes of at least 4 members (excludes halogenated alkanes) is 2. The Labute approximate surface area is 121 Å². The topological polar surface area (TPSA) is 60.2 Å². The number of carbonyl (C=O) groups is 2. The first kappa shape index (κ1) is 26.7. The summed E-state index contributed by atoms with van der Waals surface area (Å²) < 4.78 is 0. The molecule has 0 aliphatic carbocycles. The number of nitrogens with two attached hydrogens (primary N) is 1. The minimum absolute atomic E-state index is 0. The lowest BCUT2D eigenvalue weighted by Gasteiger charge is -2.01. The summed E-state index contributed by atoms with van der Waals surface area (Å²) in [5, 5.41) is 0. The second-order valence-electron chi connectivity index (χ2n) is 4.34. The second-order valence-corrected chi connectivity index (χ2v) is 4.34. The van der Waals surface area contributed by atoms with Crippen molar-refractivity contribution in [2.45, 2.75) is 87.5 Å². The molecule has 0 radical (unpaired) electrons. The number of Topliss-reactive ketones (excluding diaryl/α,β-unsaturated/α-hetero) is 1. The summed E-state index contributed by atoms with van der Waals surface area (Å²) in [5.41, 5.74) is 4.93. The Morgan fingerprint density at radius 3 is 1.79 bits per heavy atom. The average Bonchev–Trinajstić information content (AvgIpc) is 2.31. The van der Waals surface area contributed by atoms with Gasteiger partial charge >= 0.3 is 0 Å². The fourth-order valence-corrected chi connectivity index (χ4v) is 1.11. The molecule has 118 valence electrons. The molecular formula is C16H37NO2. The molecule has 0 aromatic rings. The van der Waals surface area contributed by atoms with Crippen molar-refractivity contribution in [3.8, 4) is 0 Å². The maximum Gasteiger partial charge on any atom is 0.217 e. The van der Waals surface area contributed by atoms with E-state index < -0.39 is 0 Å². The third-order valence-electron chi connectivity index (χ3n) is 2.38.